The van der Waals surface area contributed by atoms with Crippen molar-refractivity contribution >= 4 is 13.7 Å². The Bertz CT molecular complexity index is 1220. The lowest BCUT2D eigenvalue weighted by Crippen LogP contribution is -2.45. The van der Waals surface area contributed by atoms with E-state index >= 15 is 0 Å². The number of nitrogens with zero attached hydrogens (tertiary/aromatic N) is 1. The minimum absolute atomic E-state index is 0.0119. The van der Waals surface area contributed by atoms with Crippen LogP contribution in [0.15, 0.2) is 72.9 Å². The van der Waals surface area contributed by atoms with Crippen LogP contribution in [0.4, 0.5) is 0 Å². The molecule has 2 N–H and O–H groups in total. The number of likely N-dealkylation sites (N-methyl/N-ethyl adjacent to an activating group) is 1. The van der Waals surface area contributed by atoms with E-state index in [0.29, 0.717) is 17.4 Å². The third-order valence-electron chi connectivity index (χ3n) is 10.6. The van der Waals surface area contributed by atoms with E-state index in [9.17, 15) is 19.4 Å². The first kappa shape index (κ1) is 58.9. The van der Waals surface area contributed by atoms with Gasteiger partial charge in [-0.15, -0.1) is 0 Å². The van der Waals surface area contributed by atoms with Crippen LogP contribution in [0.25, 0.3) is 0 Å². The zero-order valence-corrected chi connectivity index (χ0v) is 41.0. The van der Waals surface area contributed by atoms with Gasteiger partial charge in [0.1, 0.15) is 13.2 Å². The Hall–Kier alpha value is -2.06. The highest BCUT2D eigenvalue weighted by molar-refractivity contribution is 7.45. The van der Waals surface area contributed by atoms with Crippen LogP contribution < -0.4 is 10.2 Å². The van der Waals surface area contributed by atoms with Crippen LogP contribution in [0.3, 0.4) is 0 Å². The Morgan fingerprint density at radius 3 is 1.51 bits per heavy atom. The molecule has 0 aromatic heterocycles. The Balaban J connectivity index is 4.12. The van der Waals surface area contributed by atoms with Gasteiger partial charge in [-0.25, -0.2) is 0 Å². The van der Waals surface area contributed by atoms with E-state index in [1.807, 2.05) is 27.2 Å². The van der Waals surface area contributed by atoms with Crippen molar-refractivity contribution in [1.82, 2.24) is 5.32 Å². The lowest BCUT2D eigenvalue weighted by atomic mass is 10.0. The average Bonchev–Trinajstić information content (AvgIpc) is 3.21. The molecule has 0 aliphatic carbocycles. The molecule has 0 aromatic rings. The molecule has 0 saturated carbocycles. The largest absolute Gasteiger partial charge is 0.756 e. The van der Waals surface area contributed by atoms with E-state index in [1.54, 1.807) is 6.08 Å². The van der Waals surface area contributed by atoms with Crippen LogP contribution in [-0.2, 0) is 18.4 Å². The molecule has 3 atom stereocenters. The summed E-state index contributed by atoms with van der Waals surface area (Å²) in [5.41, 5.74) is 0. The molecular formula is C52H95N2O6P. The van der Waals surface area contributed by atoms with E-state index < -0.39 is 26.6 Å². The van der Waals surface area contributed by atoms with Gasteiger partial charge in [0, 0.05) is 6.42 Å². The highest BCUT2D eigenvalue weighted by Gasteiger charge is 2.23. The number of rotatable bonds is 44. The Labute approximate surface area is 376 Å². The minimum atomic E-state index is -4.60. The molecule has 0 aliphatic heterocycles. The molecule has 0 fully saturated rings. The maximum Gasteiger partial charge on any atom is 0.268 e. The number of hydrogen-bond acceptors (Lipinski definition) is 6. The molecule has 0 spiro atoms. The zero-order valence-electron chi connectivity index (χ0n) is 40.1. The molecule has 9 heteroatoms. The van der Waals surface area contributed by atoms with Crippen LogP contribution in [0, 0.1) is 0 Å². The SMILES string of the molecule is CC/C=C/CC/C=C/CC/C=C/C(O)C(COP(=O)([O-])OCC[N+](C)(C)C)NC(=O)CCCCCCCCCCCCCCCC/C=C\C/C=C\C/C=C\CCCCCCC. The number of quaternary nitrogens is 1. The molecule has 8 nitrogen and oxygen atoms in total. The number of nitrogens with one attached hydrogen (secondary N) is 1. The van der Waals surface area contributed by atoms with Crippen LogP contribution in [0.2, 0.25) is 0 Å². The minimum Gasteiger partial charge on any atom is -0.756 e. The number of phosphoric acid groups is 1. The molecule has 0 aromatic carbocycles. The molecule has 1 amide bonds. The predicted molar refractivity (Wildman–Crippen MR) is 260 cm³/mol. The van der Waals surface area contributed by atoms with Gasteiger partial charge >= 0.3 is 0 Å². The summed E-state index contributed by atoms with van der Waals surface area (Å²) in [6.07, 6.45) is 58.4. The molecule has 0 rings (SSSR count). The molecule has 0 heterocycles. The smallest absolute Gasteiger partial charge is 0.268 e. The number of carbonyl (C=O) groups excluding carboxylic acids is 1. The second-order valence-electron chi connectivity index (χ2n) is 17.8. The Kier molecular flexibility index (Phi) is 41.7. The van der Waals surface area contributed by atoms with E-state index in [-0.39, 0.29) is 12.5 Å². The number of aliphatic hydroxyl groups excluding tert-OH is 1. The van der Waals surface area contributed by atoms with E-state index in [2.05, 4.69) is 79.9 Å². The van der Waals surface area contributed by atoms with Crippen LogP contribution in [0.5, 0.6) is 0 Å². The Morgan fingerprint density at radius 2 is 1.02 bits per heavy atom. The first-order chi connectivity index (χ1) is 29.5. The van der Waals surface area contributed by atoms with Gasteiger partial charge in [0.15, 0.2) is 0 Å². The maximum absolute atomic E-state index is 12.9. The van der Waals surface area contributed by atoms with Gasteiger partial charge in [-0.1, -0.05) is 189 Å². The number of amides is 1. The van der Waals surface area contributed by atoms with Gasteiger partial charge in [0.25, 0.3) is 7.82 Å². The molecule has 3 unspecified atom stereocenters. The zero-order chi connectivity index (χ0) is 45.0. The second-order valence-corrected chi connectivity index (χ2v) is 19.2. The van der Waals surface area contributed by atoms with Crippen LogP contribution >= 0.6 is 7.82 Å². The van der Waals surface area contributed by atoms with Crippen molar-refractivity contribution in [3.05, 3.63) is 72.9 Å². The molecule has 0 aliphatic rings. The summed E-state index contributed by atoms with van der Waals surface area (Å²) in [5, 5.41) is 13.7. The van der Waals surface area contributed by atoms with Crippen LogP contribution in [-0.4, -0.2) is 68.5 Å². The fourth-order valence-corrected chi connectivity index (χ4v) is 7.45. The fourth-order valence-electron chi connectivity index (χ4n) is 6.73. The average molecular weight is 875 g/mol. The maximum atomic E-state index is 12.9. The predicted octanol–water partition coefficient (Wildman–Crippen LogP) is 13.7. The third kappa shape index (κ3) is 45.8. The van der Waals surface area contributed by atoms with Crippen molar-refractivity contribution in [2.45, 2.75) is 212 Å². The number of carbonyl (C=O) groups is 1. The summed E-state index contributed by atoms with van der Waals surface area (Å²) >= 11 is 0. The summed E-state index contributed by atoms with van der Waals surface area (Å²) in [6, 6.07) is -0.911. The normalized spacial score (nSPS) is 14.8. The van der Waals surface area contributed by atoms with Gasteiger partial charge in [0.2, 0.25) is 5.91 Å². The molecule has 0 saturated heterocycles. The van der Waals surface area contributed by atoms with Gasteiger partial charge in [-0.05, 0) is 77.0 Å². The van der Waals surface area contributed by atoms with E-state index in [0.717, 1.165) is 64.2 Å². The fraction of sp³-hybridized carbons (Fsp3) is 0.750. The summed E-state index contributed by atoms with van der Waals surface area (Å²) in [6.45, 7) is 4.47. The number of aliphatic hydroxyl groups is 1. The van der Waals surface area contributed by atoms with Gasteiger partial charge in [0.05, 0.1) is 39.9 Å². The highest BCUT2D eigenvalue weighted by atomic mass is 31.2. The summed E-state index contributed by atoms with van der Waals surface area (Å²) in [5.74, 6) is -0.217. The molecule has 61 heavy (non-hydrogen) atoms. The van der Waals surface area contributed by atoms with Crippen molar-refractivity contribution in [3.63, 3.8) is 0 Å². The molecule has 0 bridgehead atoms. The topological polar surface area (TPSA) is 108 Å². The third-order valence-corrected chi connectivity index (χ3v) is 11.6. The van der Waals surface area contributed by atoms with Gasteiger partial charge < -0.3 is 28.8 Å². The Morgan fingerprint density at radius 1 is 0.590 bits per heavy atom. The molecular weight excluding hydrogens is 780 g/mol. The van der Waals surface area contributed by atoms with Crippen molar-refractivity contribution in [2.24, 2.45) is 0 Å². The van der Waals surface area contributed by atoms with Crippen molar-refractivity contribution in [3.8, 4) is 0 Å². The van der Waals surface area contributed by atoms with Crippen molar-refractivity contribution in [2.75, 3.05) is 40.9 Å². The number of phosphoric ester groups is 1. The summed E-state index contributed by atoms with van der Waals surface area (Å²) in [7, 11) is 1.22. The molecule has 0 radical (unpaired) electrons. The quantitative estimate of drug-likeness (QED) is 0.0273. The van der Waals surface area contributed by atoms with E-state index in [1.165, 1.54) is 116 Å². The summed E-state index contributed by atoms with van der Waals surface area (Å²) < 4.78 is 23.1. The number of allylic oxidation sites excluding steroid dienone is 11. The summed E-state index contributed by atoms with van der Waals surface area (Å²) in [4.78, 5) is 25.3. The van der Waals surface area contributed by atoms with Crippen LogP contribution in [0.1, 0.15) is 200 Å². The first-order valence-electron chi connectivity index (χ1n) is 24.8. The van der Waals surface area contributed by atoms with Crippen molar-refractivity contribution in [1.29, 1.82) is 0 Å². The standard InChI is InChI=1S/C52H95N2O6P/c1-6-8-10-12-14-16-18-19-20-21-22-23-24-25-26-27-28-29-30-31-32-33-34-35-36-38-40-42-44-46-52(56)53-50(49-60-61(57,58)59-48-47-54(3,4)5)51(55)45-43-41-39-37-17-15-13-11-9-7-2/h9,11,17-19,21-22,24-25,37,43,45,50-51,55H,6-8,10,12-16,20,23,26-36,38-42,44,46-49H2,1-5H3,(H-,53,56,57,58)/b11-9+,19-18-,22-21-,25-24-,37-17+,45-43+. The number of hydrogen-bond donors (Lipinski definition) is 2. The number of unbranched alkanes of at least 4 members (excludes halogenated alkanes) is 21. The second kappa shape index (κ2) is 43.2. The van der Waals surface area contributed by atoms with Gasteiger partial charge in [-0.3, -0.25) is 9.36 Å². The lowest BCUT2D eigenvalue weighted by molar-refractivity contribution is -0.870. The lowest BCUT2D eigenvalue weighted by Gasteiger charge is -2.29. The molecule has 354 valence electrons. The van der Waals surface area contributed by atoms with Crippen molar-refractivity contribution < 1.29 is 32.9 Å². The van der Waals surface area contributed by atoms with E-state index in [4.69, 9.17) is 9.05 Å². The monoisotopic (exact) mass is 875 g/mol. The first-order valence-corrected chi connectivity index (χ1v) is 26.3. The van der Waals surface area contributed by atoms with Gasteiger partial charge in [-0.2, -0.15) is 0 Å². The highest BCUT2D eigenvalue weighted by Crippen LogP contribution is 2.38.